The lowest BCUT2D eigenvalue weighted by molar-refractivity contribution is -0.385. The molecule has 2 aromatic carbocycles. The Bertz CT molecular complexity index is 928. The third-order valence-corrected chi connectivity index (χ3v) is 3.69. The van der Waals surface area contributed by atoms with Crippen LogP contribution in [-0.4, -0.2) is 9.91 Å². The van der Waals surface area contributed by atoms with E-state index in [4.69, 9.17) is 0 Å². The van der Waals surface area contributed by atoms with Gasteiger partial charge >= 0.3 is 0 Å². The fourth-order valence-corrected chi connectivity index (χ4v) is 2.51. The van der Waals surface area contributed by atoms with E-state index in [0.29, 0.717) is 23.4 Å². The molecule has 0 radical (unpaired) electrons. The molecule has 26 heavy (non-hydrogen) atoms. The molecule has 5 nitrogen and oxygen atoms in total. The van der Waals surface area contributed by atoms with Crippen LogP contribution in [0.1, 0.15) is 17.3 Å². The van der Waals surface area contributed by atoms with Crippen LogP contribution in [0.4, 0.5) is 24.5 Å². The second-order valence-electron chi connectivity index (χ2n) is 5.43. The van der Waals surface area contributed by atoms with Crippen molar-refractivity contribution in [2.75, 3.05) is 5.32 Å². The van der Waals surface area contributed by atoms with Crippen LogP contribution in [0.15, 0.2) is 60.8 Å². The van der Waals surface area contributed by atoms with E-state index in [1.165, 1.54) is 24.4 Å². The topological polar surface area (TPSA) is 68.1 Å². The van der Waals surface area contributed by atoms with E-state index in [0.717, 1.165) is 0 Å². The highest BCUT2D eigenvalue weighted by Gasteiger charge is 2.22. The number of hydrogen-bond donors (Lipinski definition) is 1. The zero-order chi connectivity index (χ0) is 18.7. The number of pyridine rings is 1. The minimum Gasteiger partial charge on any atom is -0.368 e. The highest BCUT2D eigenvalue weighted by molar-refractivity contribution is 5.54. The highest BCUT2D eigenvalue weighted by Crippen LogP contribution is 2.31. The van der Waals surface area contributed by atoms with Gasteiger partial charge in [0.2, 0.25) is 0 Å². The smallest absolute Gasteiger partial charge is 0.275 e. The summed E-state index contributed by atoms with van der Waals surface area (Å²) in [7, 11) is 0. The molecule has 3 aromatic rings. The summed E-state index contributed by atoms with van der Waals surface area (Å²) < 4.78 is 42.1. The molecule has 1 heterocycles. The molecule has 0 saturated carbocycles. The number of aromatic nitrogens is 1. The van der Waals surface area contributed by atoms with Crippen molar-refractivity contribution in [3.63, 3.8) is 0 Å². The molecule has 1 atom stereocenters. The van der Waals surface area contributed by atoms with E-state index >= 15 is 0 Å². The molecule has 0 spiro atoms. The summed E-state index contributed by atoms with van der Waals surface area (Å²) in [4.78, 5) is 14.0. The third kappa shape index (κ3) is 3.64. The Kier molecular flexibility index (Phi) is 4.83. The first-order valence-corrected chi connectivity index (χ1v) is 7.52. The van der Waals surface area contributed by atoms with Gasteiger partial charge in [-0.15, -0.1) is 0 Å². The molecule has 0 saturated heterocycles. The van der Waals surface area contributed by atoms with Crippen molar-refractivity contribution in [3.05, 3.63) is 99.6 Å². The summed E-state index contributed by atoms with van der Waals surface area (Å²) in [5, 5.41) is 13.4. The van der Waals surface area contributed by atoms with Gasteiger partial charge in [0.25, 0.3) is 5.69 Å². The largest absolute Gasteiger partial charge is 0.368 e. The summed E-state index contributed by atoms with van der Waals surface area (Å²) in [6, 6.07) is 10.8. The van der Waals surface area contributed by atoms with Crippen LogP contribution in [-0.2, 0) is 0 Å². The number of hydrogen-bond acceptors (Lipinski definition) is 4. The van der Waals surface area contributed by atoms with Crippen LogP contribution >= 0.6 is 0 Å². The molecular weight excluding hydrogens is 347 g/mol. The second kappa shape index (κ2) is 7.22. The van der Waals surface area contributed by atoms with E-state index in [1.54, 1.807) is 24.3 Å². The lowest BCUT2D eigenvalue weighted by Crippen LogP contribution is -2.16. The predicted molar refractivity (Wildman–Crippen MR) is 89.1 cm³/mol. The molecule has 132 valence electrons. The van der Waals surface area contributed by atoms with Gasteiger partial charge < -0.3 is 5.32 Å². The van der Waals surface area contributed by atoms with E-state index in [2.05, 4.69) is 10.3 Å². The van der Waals surface area contributed by atoms with Gasteiger partial charge in [0.1, 0.15) is 11.5 Å². The summed E-state index contributed by atoms with van der Waals surface area (Å²) in [6.45, 7) is 0. The monoisotopic (exact) mass is 359 g/mol. The first-order chi connectivity index (χ1) is 12.5. The van der Waals surface area contributed by atoms with Gasteiger partial charge in [-0.2, -0.15) is 0 Å². The molecule has 1 unspecified atom stereocenters. The van der Waals surface area contributed by atoms with Crippen molar-refractivity contribution in [2.24, 2.45) is 0 Å². The van der Waals surface area contributed by atoms with Gasteiger partial charge in [0, 0.05) is 6.20 Å². The summed E-state index contributed by atoms with van der Waals surface area (Å²) in [6.07, 6.45) is 1.49. The molecule has 0 aliphatic carbocycles. The Morgan fingerprint density at radius 2 is 1.73 bits per heavy atom. The molecule has 0 aliphatic rings. The molecule has 3 rings (SSSR count). The van der Waals surface area contributed by atoms with Gasteiger partial charge in [-0.3, -0.25) is 15.1 Å². The average Bonchev–Trinajstić information content (AvgIpc) is 2.61. The summed E-state index contributed by atoms with van der Waals surface area (Å²) in [5.41, 5.74) is -0.475. The zero-order valence-electron chi connectivity index (χ0n) is 13.2. The number of anilines is 1. The molecule has 8 heteroatoms. The van der Waals surface area contributed by atoms with Crippen molar-refractivity contribution in [1.82, 2.24) is 4.98 Å². The predicted octanol–water partition coefficient (Wildman–Crippen LogP) is 4.61. The molecule has 0 bridgehead atoms. The zero-order valence-corrected chi connectivity index (χ0v) is 13.2. The Hall–Kier alpha value is -3.42. The van der Waals surface area contributed by atoms with Crippen LogP contribution in [0.5, 0.6) is 0 Å². The van der Waals surface area contributed by atoms with Crippen molar-refractivity contribution in [2.45, 2.75) is 6.04 Å². The summed E-state index contributed by atoms with van der Waals surface area (Å²) >= 11 is 0. The Balaban J connectivity index is 2.06. The van der Waals surface area contributed by atoms with Gasteiger partial charge in [0.05, 0.1) is 28.8 Å². The van der Waals surface area contributed by atoms with Gasteiger partial charge in [-0.25, -0.2) is 13.2 Å². The highest BCUT2D eigenvalue weighted by atomic mass is 19.1. The number of benzene rings is 2. The van der Waals surface area contributed by atoms with Crippen LogP contribution in [0.3, 0.4) is 0 Å². The first kappa shape index (κ1) is 17.4. The molecule has 0 aliphatic heterocycles. The first-order valence-electron chi connectivity index (χ1n) is 7.52. The van der Waals surface area contributed by atoms with Crippen molar-refractivity contribution >= 4 is 11.4 Å². The van der Waals surface area contributed by atoms with Crippen LogP contribution in [0.25, 0.3) is 0 Å². The van der Waals surface area contributed by atoms with Crippen molar-refractivity contribution in [1.29, 1.82) is 0 Å². The average molecular weight is 359 g/mol. The number of rotatable bonds is 5. The fraction of sp³-hybridized carbons (Fsp3) is 0.0556. The number of nitro benzene ring substituents is 1. The number of non-ortho nitro benzene ring substituents is 1. The number of halogens is 3. The maximum Gasteiger partial charge on any atom is 0.275 e. The minimum atomic E-state index is -1.13. The van der Waals surface area contributed by atoms with E-state index in [1.807, 2.05) is 0 Å². The van der Waals surface area contributed by atoms with E-state index in [-0.39, 0.29) is 0 Å². The lowest BCUT2D eigenvalue weighted by atomic mass is 10.0. The van der Waals surface area contributed by atoms with Crippen LogP contribution < -0.4 is 5.32 Å². The van der Waals surface area contributed by atoms with E-state index in [9.17, 15) is 23.3 Å². The number of nitrogens with one attached hydrogen (secondary N) is 1. The number of nitro groups is 1. The third-order valence-electron chi connectivity index (χ3n) is 3.69. The summed E-state index contributed by atoms with van der Waals surface area (Å²) in [5.74, 6) is -2.78. The van der Waals surface area contributed by atoms with Crippen molar-refractivity contribution in [3.8, 4) is 0 Å². The standard InChI is InChI=1S/C18H12F3N3O2/c19-12-5-3-4-11(8-12)17(16-6-1-2-7-22-16)23-18-14(20)9-13(24(25)26)10-15(18)21/h1-10,17,23H. The Morgan fingerprint density at radius 1 is 1.00 bits per heavy atom. The molecule has 1 aromatic heterocycles. The quantitative estimate of drug-likeness (QED) is 0.534. The molecule has 0 amide bonds. The Morgan fingerprint density at radius 3 is 2.31 bits per heavy atom. The van der Waals surface area contributed by atoms with Crippen LogP contribution in [0, 0.1) is 27.6 Å². The molecular formula is C18H12F3N3O2. The van der Waals surface area contributed by atoms with Crippen molar-refractivity contribution < 1.29 is 18.1 Å². The van der Waals surface area contributed by atoms with Gasteiger partial charge in [-0.1, -0.05) is 18.2 Å². The van der Waals surface area contributed by atoms with Gasteiger partial charge in [-0.05, 0) is 29.8 Å². The fourth-order valence-electron chi connectivity index (χ4n) is 2.51. The number of nitrogens with zero attached hydrogens (tertiary/aromatic N) is 2. The van der Waals surface area contributed by atoms with E-state index < -0.39 is 39.8 Å². The minimum absolute atomic E-state index is 0.390. The van der Waals surface area contributed by atoms with Gasteiger partial charge in [0.15, 0.2) is 11.6 Å². The molecule has 1 N–H and O–H groups in total. The second-order valence-corrected chi connectivity index (χ2v) is 5.43. The SMILES string of the molecule is O=[N+]([O-])c1cc(F)c(NC(c2cccc(F)c2)c2ccccn2)c(F)c1. The maximum atomic E-state index is 14.2. The Labute approximate surface area is 146 Å². The van der Waals surface area contributed by atoms with Crippen LogP contribution in [0.2, 0.25) is 0 Å². The molecule has 0 fully saturated rings. The maximum absolute atomic E-state index is 14.2. The normalized spacial score (nSPS) is 11.8. The lowest BCUT2D eigenvalue weighted by Gasteiger charge is -2.21.